The number of carbonyl (C=O) groups is 1. The lowest BCUT2D eigenvalue weighted by atomic mass is 9.83. The number of ketones is 1. The number of sulfonamides is 1. The molecule has 8 nitrogen and oxygen atoms in total. The van der Waals surface area contributed by atoms with Crippen molar-refractivity contribution in [3.8, 4) is 0 Å². The molecule has 0 aliphatic heterocycles. The average Bonchev–Trinajstić information content (AvgIpc) is 3.01. The van der Waals surface area contributed by atoms with Crippen LogP contribution >= 0.6 is 0 Å². The molecule has 160 valence electrons. The second kappa shape index (κ2) is 7.48. The first-order valence-electron chi connectivity index (χ1n) is 9.48. The van der Waals surface area contributed by atoms with Gasteiger partial charge in [0.2, 0.25) is 10.0 Å². The first kappa shape index (κ1) is 21.9. The fraction of sp³-hybridized carbons (Fsp3) is 0.381. The number of nitro benzene ring substituents is 1. The minimum absolute atomic E-state index is 0.0454. The summed E-state index contributed by atoms with van der Waals surface area (Å²) in [7, 11) is -4.00. The van der Waals surface area contributed by atoms with Crippen molar-refractivity contribution in [3.63, 3.8) is 0 Å². The molecule has 9 heteroatoms. The molecule has 3 rings (SSSR count). The van der Waals surface area contributed by atoms with E-state index in [4.69, 9.17) is 4.42 Å². The zero-order valence-corrected chi connectivity index (χ0v) is 18.2. The van der Waals surface area contributed by atoms with Crippen LogP contribution < -0.4 is 4.72 Å². The smallest absolute Gasteiger partial charge is 0.270 e. The summed E-state index contributed by atoms with van der Waals surface area (Å²) in [5.41, 5.74) is -0.0729. The van der Waals surface area contributed by atoms with Crippen LogP contribution in [0.4, 0.5) is 5.69 Å². The van der Waals surface area contributed by atoms with Crippen molar-refractivity contribution in [3.05, 3.63) is 46.5 Å². The van der Waals surface area contributed by atoms with Gasteiger partial charge in [-0.2, -0.15) is 0 Å². The Morgan fingerprint density at radius 1 is 1.07 bits per heavy atom. The van der Waals surface area contributed by atoms with Crippen molar-refractivity contribution in [1.82, 2.24) is 4.72 Å². The van der Waals surface area contributed by atoms with Crippen LogP contribution in [0, 0.1) is 21.4 Å². The molecule has 30 heavy (non-hydrogen) atoms. The van der Waals surface area contributed by atoms with Crippen LogP contribution in [-0.4, -0.2) is 25.2 Å². The Labute approximate surface area is 174 Å². The zero-order chi connectivity index (χ0) is 22.4. The molecule has 0 fully saturated rings. The molecule has 0 spiro atoms. The Morgan fingerprint density at radius 3 is 2.30 bits per heavy atom. The van der Waals surface area contributed by atoms with E-state index in [1.807, 2.05) is 0 Å². The third-order valence-corrected chi connectivity index (χ3v) is 6.36. The molecule has 0 aliphatic carbocycles. The summed E-state index contributed by atoms with van der Waals surface area (Å²) in [5.74, 6) is -0.430. The quantitative estimate of drug-likeness (QED) is 0.455. The van der Waals surface area contributed by atoms with Gasteiger partial charge >= 0.3 is 0 Å². The van der Waals surface area contributed by atoms with Crippen LogP contribution in [0.25, 0.3) is 21.9 Å². The highest BCUT2D eigenvalue weighted by Gasteiger charge is 2.35. The Bertz CT molecular complexity index is 1250. The highest BCUT2D eigenvalue weighted by atomic mass is 32.2. The maximum atomic E-state index is 13.0. The number of rotatable bonds is 6. The van der Waals surface area contributed by atoms with Crippen LogP contribution in [0.15, 0.2) is 45.7 Å². The molecule has 0 saturated carbocycles. The summed E-state index contributed by atoms with van der Waals surface area (Å²) in [6.07, 6.45) is 0. The van der Waals surface area contributed by atoms with Crippen LogP contribution in [0.2, 0.25) is 0 Å². The number of fused-ring (bicyclic) bond motifs is 3. The van der Waals surface area contributed by atoms with Gasteiger partial charge in [-0.05, 0) is 24.1 Å². The topological polar surface area (TPSA) is 120 Å². The predicted octanol–water partition coefficient (Wildman–Crippen LogP) is 4.41. The van der Waals surface area contributed by atoms with E-state index in [1.54, 1.807) is 40.7 Å². The normalized spacial score (nSPS) is 13.8. The molecule has 0 radical (unpaired) electrons. The molecular weight excluding hydrogens is 408 g/mol. The largest absolute Gasteiger partial charge is 0.456 e. The van der Waals surface area contributed by atoms with Crippen LogP contribution in [-0.2, 0) is 14.8 Å². The van der Waals surface area contributed by atoms with Gasteiger partial charge in [0.1, 0.15) is 11.2 Å². The van der Waals surface area contributed by atoms with Crippen molar-refractivity contribution < 1.29 is 22.6 Å². The van der Waals surface area contributed by atoms with Gasteiger partial charge in [0.05, 0.1) is 15.9 Å². The number of furan rings is 1. The summed E-state index contributed by atoms with van der Waals surface area (Å²) in [6, 6.07) is 7.65. The van der Waals surface area contributed by atoms with E-state index >= 15 is 0 Å². The molecule has 3 aromatic rings. The maximum absolute atomic E-state index is 13.0. The van der Waals surface area contributed by atoms with Crippen LogP contribution in [0.3, 0.4) is 0 Å². The Morgan fingerprint density at radius 2 is 1.73 bits per heavy atom. The Hall–Kier alpha value is -2.78. The first-order chi connectivity index (χ1) is 13.8. The van der Waals surface area contributed by atoms with Crippen LogP contribution in [0.5, 0.6) is 0 Å². The highest BCUT2D eigenvalue weighted by Crippen LogP contribution is 2.33. The molecule has 0 saturated heterocycles. The molecular formula is C21H24N2O6S. The van der Waals surface area contributed by atoms with Crippen molar-refractivity contribution in [1.29, 1.82) is 0 Å². The van der Waals surface area contributed by atoms with E-state index in [0.29, 0.717) is 16.4 Å². The standard InChI is InChI=1S/C21H24N2O6S/c1-12(2)19(20(24)21(3,4)5)22-30(27,28)14-7-8-15-16-10-13(23(25)26)6-9-17(16)29-18(15)11-14/h6-12,19,22H,1-5H3/t19-/m0/s1. The molecule has 0 amide bonds. The highest BCUT2D eigenvalue weighted by molar-refractivity contribution is 7.89. The van der Waals surface area contributed by atoms with Gasteiger partial charge in [0.25, 0.3) is 5.69 Å². The van der Waals surface area contributed by atoms with Gasteiger partial charge in [0.15, 0.2) is 5.78 Å². The van der Waals surface area contributed by atoms with Crippen molar-refractivity contribution in [2.24, 2.45) is 11.3 Å². The lowest BCUT2D eigenvalue weighted by Gasteiger charge is -2.27. The minimum Gasteiger partial charge on any atom is -0.456 e. The van der Waals surface area contributed by atoms with Crippen molar-refractivity contribution in [2.45, 2.75) is 45.6 Å². The number of hydrogen-bond acceptors (Lipinski definition) is 6. The molecule has 0 aliphatic rings. The number of nitrogens with zero attached hydrogens (tertiary/aromatic N) is 1. The summed E-state index contributed by atoms with van der Waals surface area (Å²) >= 11 is 0. The van der Waals surface area contributed by atoms with E-state index in [9.17, 15) is 23.3 Å². The average molecular weight is 432 g/mol. The summed E-state index contributed by atoms with van der Waals surface area (Å²) < 4.78 is 34.2. The number of nitrogens with one attached hydrogen (secondary N) is 1. The third-order valence-electron chi connectivity index (χ3n) is 4.92. The fourth-order valence-electron chi connectivity index (χ4n) is 3.22. The van der Waals surface area contributed by atoms with Gasteiger partial charge in [-0.1, -0.05) is 34.6 Å². The van der Waals surface area contributed by atoms with Crippen molar-refractivity contribution in [2.75, 3.05) is 0 Å². The summed E-state index contributed by atoms with van der Waals surface area (Å²) in [4.78, 5) is 23.2. The SMILES string of the molecule is CC(C)[C@H](NS(=O)(=O)c1ccc2c(c1)oc1ccc([N+](=O)[O-])cc12)C(=O)C(C)(C)C. The van der Waals surface area contributed by atoms with Gasteiger partial charge < -0.3 is 4.42 Å². The van der Waals surface area contributed by atoms with Crippen LogP contribution in [0.1, 0.15) is 34.6 Å². The van der Waals surface area contributed by atoms with Crippen molar-refractivity contribution >= 4 is 43.4 Å². The second-order valence-electron chi connectivity index (χ2n) is 8.65. The Balaban J connectivity index is 2.03. The van der Waals surface area contributed by atoms with E-state index < -0.39 is 26.4 Å². The molecule has 1 aromatic heterocycles. The number of carbonyl (C=O) groups excluding carboxylic acids is 1. The third kappa shape index (κ3) is 4.08. The van der Waals surface area contributed by atoms with Gasteiger partial charge in [0, 0.05) is 34.4 Å². The van der Waals surface area contributed by atoms with Gasteiger partial charge in [-0.3, -0.25) is 14.9 Å². The second-order valence-corrected chi connectivity index (χ2v) is 10.4. The van der Waals surface area contributed by atoms with Gasteiger partial charge in [-0.15, -0.1) is 0 Å². The monoisotopic (exact) mass is 432 g/mol. The minimum atomic E-state index is -4.00. The molecule has 1 N–H and O–H groups in total. The van der Waals surface area contributed by atoms with E-state index in [-0.39, 0.29) is 27.9 Å². The maximum Gasteiger partial charge on any atom is 0.270 e. The first-order valence-corrected chi connectivity index (χ1v) is 11.0. The fourth-order valence-corrected chi connectivity index (χ4v) is 4.58. The van der Waals surface area contributed by atoms with E-state index in [0.717, 1.165) is 0 Å². The number of benzene rings is 2. The zero-order valence-electron chi connectivity index (χ0n) is 17.4. The van der Waals surface area contributed by atoms with Gasteiger partial charge in [-0.25, -0.2) is 13.1 Å². The molecule has 0 bridgehead atoms. The lowest BCUT2D eigenvalue weighted by molar-refractivity contribution is -0.384. The molecule has 0 unspecified atom stereocenters. The number of hydrogen-bond donors (Lipinski definition) is 1. The summed E-state index contributed by atoms with van der Waals surface area (Å²) in [6.45, 7) is 8.81. The molecule has 1 atom stereocenters. The lowest BCUT2D eigenvalue weighted by Crippen LogP contribution is -2.48. The van der Waals surface area contributed by atoms with E-state index in [2.05, 4.69) is 4.72 Å². The number of Topliss-reactive ketones (excluding diaryl/α,β-unsaturated/α-hetero) is 1. The number of nitro groups is 1. The molecule has 1 heterocycles. The van der Waals surface area contributed by atoms with E-state index in [1.165, 1.54) is 30.3 Å². The number of non-ortho nitro benzene ring substituents is 1. The summed E-state index contributed by atoms with van der Waals surface area (Å²) in [5, 5.41) is 12.1. The molecule has 2 aromatic carbocycles. The Kier molecular flexibility index (Phi) is 5.46. The predicted molar refractivity (Wildman–Crippen MR) is 114 cm³/mol.